The third-order valence-electron chi connectivity index (χ3n) is 2.09. The molecule has 4 N–H and O–H groups in total. The number of rotatable bonds is 3. The lowest BCUT2D eigenvalue weighted by molar-refractivity contribution is 0.100. The van der Waals surface area contributed by atoms with Crippen molar-refractivity contribution in [2.24, 2.45) is 5.73 Å². The highest BCUT2D eigenvalue weighted by Crippen LogP contribution is 2.12. The fourth-order valence-electron chi connectivity index (χ4n) is 1.29. The average molecular weight is 246 g/mol. The summed E-state index contributed by atoms with van der Waals surface area (Å²) in [4.78, 5) is 22.5. The van der Waals surface area contributed by atoms with E-state index in [1.54, 1.807) is 30.3 Å². The van der Waals surface area contributed by atoms with E-state index in [1.807, 2.05) is 0 Å². The van der Waals surface area contributed by atoms with Crippen LogP contribution in [0.1, 0.15) is 10.4 Å². The van der Waals surface area contributed by atoms with Crippen molar-refractivity contribution in [2.45, 2.75) is 0 Å². The molecule has 0 fully saturated rings. The molecule has 2 aromatic rings. The SMILES string of the molecule is NC(=O)c1cn[nH]c1NC(=O)Oc1ccccc1. The van der Waals surface area contributed by atoms with Gasteiger partial charge in [-0.2, -0.15) is 5.10 Å². The van der Waals surface area contributed by atoms with Crippen LogP contribution in [0.15, 0.2) is 36.5 Å². The molecule has 0 spiro atoms. The van der Waals surface area contributed by atoms with E-state index in [4.69, 9.17) is 10.5 Å². The Balaban J connectivity index is 2.04. The summed E-state index contributed by atoms with van der Waals surface area (Å²) in [5.41, 5.74) is 5.18. The monoisotopic (exact) mass is 246 g/mol. The number of hydrogen-bond donors (Lipinski definition) is 3. The largest absolute Gasteiger partial charge is 0.418 e. The van der Waals surface area contributed by atoms with E-state index in [2.05, 4.69) is 15.5 Å². The quantitative estimate of drug-likeness (QED) is 0.753. The van der Waals surface area contributed by atoms with Gasteiger partial charge in [0.15, 0.2) is 0 Å². The van der Waals surface area contributed by atoms with E-state index in [1.165, 1.54) is 6.20 Å². The lowest BCUT2D eigenvalue weighted by Gasteiger charge is -2.05. The van der Waals surface area contributed by atoms with Gasteiger partial charge < -0.3 is 10.5 Å². The van der Waals surface area contributed by atoms with Gasteiger partial charge in [-0.1, -0.05) is 18.2 Å². The topological polar surface area (TPSA) is 110 Å². The molecule has 0 radical (unpaired) electrons. The standard InChI is InChI=1S/C11H10N4O3/c12-9(16)8-6-13-15-10(8)14-11(17)18-7-4-2-1-3-5-7/h1-6H,(H2,12,16)(H2,13,14,15,17). The van der Waals surface area contributed by atoms with Gasteiger partial charge in [-0.25, -0.2) is 4.79 Å². The van der Waals surface area contributed by atoms with E-state index in [0.29, 0.717) is 5.75 Å². The molecule has 7 heteroatoms. The van der Waals surface area contributed by atoms with E-state index in [-0.39, 0.29) is 11.4 Å². The molecule has 0 aliphatic carbocycles. The number of aromatic nitrogens is 2. The first-order chi connectivity index (χ1) is 8.66. The number of ether oxygens (including phenoxy) is 1. The molecule has 0 saturated heterocycles. The molecule has 0 unspecified atom stereocenters. The fraction of sp³-hybridized carbons (Fsp3) is 0. The van der Waals surface area contributed by atoms with Crippen LogP contribution in [-0.2, 0) is 0 Å². The Kier molecular flexibility index (Phi) is 3.24. The maximum Gasteiger partial charge on any atom is 0.418 e. The van der Waals surface area contributed by atoms with Gasteiger partial charge in [0, 0.05) is 0 Å². The summed E-state index contributed by atoms with van der Waals surface area (Å²) in [5.74, 6) is -0.211. The minimum Gasteiger partial charge on any atom is -0.410 e. The zero-order chi connectivity index (χ0) is 13.0. The molecule has 2 amide bonds. The molecule has 1 aromatic carbocycles. The van der Waals surface area contributed by atoms with Crippen LogP contribution in [0.3, 0.4) is 0 Å². The van der Waals surface area contributed by atoms with Crippen LogP contribution in [0.4, 0.5) is 10.6 Å². The average Bonchev–Trinajstić information content (AvgIpc) is 2.78. The number of amides is 2. The zero-order valence-corrected chi connectivity index (χ0v) is 9.21. The molecule has 0 aliphatic rings. The molecule has 0 saturated carbocycles. The Morgan fingerprint density at radius 2 is 2.00 bits per heavy atom. The van der Waals surface area contributed by atoms with Crippen LogP contribution in [-0.4, -0.2) is 22.2 Å². The molecule has 92 valence electrons. The number of H-pyrrole nitrogens is 1. The van der Waals surface area contributed by atoms with Gasteiger partial charge in [-0.05, 0) is 12.1 Å². The molecule has 0 bridgehead atoms. The lowest BCUT2D eigenvalue weighted by Crippen LogP contribution is -2.20. The molecule has 0 atom stereocenters. The Labute approximate surface area is 102 Å². The summed E-state index contributed by atoms with van der Waals surface area (Å²) in [6.45, 7) is 0. The number of carbonyl (C=O) groups excluding carboxylic acids is 2. The normalized spacial score (nSPS) is 9.78. The first kappa shape index (κ1) is 11.6. The predicted octanol–water partition coefficient (Wildman–Crippen LogP) is 1.12. The van der Waals surface area contributed by atoms with Gasteiger partial charge in [-0.3, -0.25) is 15.2 Å². The van der Waals surface area contributed by atoms with Crippen molar-refractivity contribution in [1.29, 1.82) is 0 Å². The highest BCUT2D eigenvalue weighted by atomic mass is 16.6. The van der Waals surface area contributed by atoms with Gasteiger partial charge in [0.05, 0.1) is 6.20 Å². The van der Waals surface area contributed by atoms with Crippen molar-refractivity contribution >= 4 is 17.8 Å². The summed E-state index contributed by atoms with van der Waals surface area (Å²) in [5, 5.41) is 8.39. The lowest BCUT2D eigenvalue weighted by atomic mass is 10.3. The number of hydrogen-bond acceptors (Lipinski definition) is 4. The van der Waals surface area contributed by atoms with Gasteiger partial charge in [0.25, 0.3) is 5.91 Å². The summed E-state index contributed by atoms with van der Waals surface area (Å²) >= 11 is 0. The molecule has 1 aromatic heterocycles. The number of aromatic amines is 1. The molecular weight excluding hydrogens is 236 g/mol. The van der Waals surface area contributed by atoms with Crippen molar-refractivity contribution < 1.29 is 14.3 Å². The summed E-state index contributed by atoms with van der Waals surface area (Å²) < 4.78 is 4.97. The van der Waals surface area contributed by atoms with Gasteiger partial charge in [0.1, 0.15) is 17.1 Å². The fourth-order valence-corrected chi connectivity index (χ4v) is 1.29. The van der Waals surface area contributed by atoms with Gasteiger partial charge in [0.2, 0.25) is 0 Å². The molecule has 7 nitrogen and oxygen atoms in total. The molecule has 2 rings (SSSR count). The summed E-state index contributed by atoms with van der Waals surface area (Å²) in [6.07, 6.45) is 0.480. The highest BCUT2D eigenvalue weighted by molar-refractivity contribution is 6.00. The second-order valence-electron chi connectivity index (χ2n) is 3.35. The second-order valence-corrected chi connectivity index (χ2v) is 3.35. The number of benzene rings is 1. The molecular formula is C11H10N4O3. The van der Waals surface area contributed by atoms with Crippen LogP contribution >= 0.6 is 0 Å². The third kappa shape index (κ3) is 2.64. The van der Waals surface area contributed by atoms with E-state index < -0.39 is 12.0 Å². The van der Waals surface area contributed by atoms with E-state index >= 15 is 0 Å². The minimum atomic E-state index is -0.743. The molecule has 0 aliphatic heterocycles. The maximum atomic E-state index is 11.5. The van der Waals surface area contributed by atoms with Crippen LogP contribution in [0.5, 0.6) is 5.75 Å². The van der Waals surface area contributed by atoms with Crippen LogP contribution in [0.25, 0.3) is 0 Å². The number of carbonyl (C=O) groups is 2. The third-order valence-corrected chi connectivity index (χ3v) is 2.09. The number of para-hydroxylation sites is 1. The van der Waals surface area contributed by atoms with Gasteiger partial charge in [-0.15, -0.1) is 0 Å². The van der Waals surface area contributed by atoms with E-state index in [0.717, 1.165) is 0 Å². The van der Waals surface area contributed by atoms with Crippen molar-refractivity contribution in [3.63, 3.8) is 0 Å². The van der Waals surface area contributed by atoms with Crippen molar-refractivity contribution in [3.8, 4) is 5.75 Å². The number of primary amides is 1. The second kappa shape index (κ2) is 5.00. The number of nitrogens with one attached hydrogen (secondary N) is 2. The van der Waals surface area contributed by atoms with E-state index in [9.17, 15) is 9.59 Å². The van der Waals surface area contributed by atoms with Crippen molar-refractivity contribution in [3.05, 3.63) is 42.1 Å². The zero-order valence-electron chi connectivity index (χ0n) is 9.21. The van der Waals surface area contributed by atoms with Crippen LogP contribution in [0.2, 0.25) is 0 Å². The number of anilines is 1. The first-order valence-corrected chi connectivity index (χ1v) is 5.04. The maximum absolute atomic E-state index is 11.5. The molecule has 1 heterocycles. The Morgan fingerprint density at radius 1 is 1.28 bits per heavy atom. The summed E-state index contributed by atoms with van der Waals surface area (Å²) in [6, 6.07) is 8.51. The first-order valence-electron chi connectivity index (χ1n) is 5.04. The Bertz CT molecular complexity index is 565. The summed E-state index contributed by atoms with van der Waals surface area (Å²) in [7, 11) is 0. The Hall–Kier alpha value is -2.83. The number of nitrogens with two attached hydrogens (primary N) is 1. The van der Waals surface area contributed by atoms with Crippen molar-refractivity contribution in [2.75, 3.05) is 5.32 Å². The van der Waals surface area contributed by atoms with Crippen LogP contribution < -0.4 is 15.8 Å². The molecule has 18 heavy (non-hydrogen) atoms. The minimum absolute atomic E-state index is 0.0833. The van der Waals surface area contributed by atoms with Crippen LogP contribution in [0, 0.1) is 0 Å². The van der Waals surface area contributed by atoms with Crippen molar-refractivity contribution in [1.82, 2.24) is 10.2 Å². The predicted molar refractivity (Wildman–Crippen MR) is 63.2 cm³/mol. The smallest absolute Gasteiger partial charge is 0.410 e. The number of nitrogens with zero attached hydrogens (tertiary/aromatic N) is 1. The Morgan fingerprint density at radius 3 is 2.67 bits per heavy atom. The van der Waals surface area contributed by atoms with Gasteiger partial charge >= 0.3 is 6.09 Å². The highest BCUT2D eigenvalue weighted by Gasteiger charge is 2.14.